The Kier molecular flexibility index (Phi) is 7.67. The topological polar surface area (TPSA) is 127 Å². The molecule has 0 bridgehead atoms. The minimum Gasteiger partial charge on any atom is -0.453 e. The van der Waals surface area contributed by atoms with Gasteiger partial charge in [0.1, 0.15) is 11.3 Å². The number of aromatic nitrogens is 3. The SMILES string of the molecule is CNC(=O)c1cc2nccc(Oc3ccc(NC(=O)c4c(C)n(CC(C)(C)O)n(-c5ccccc5)c4=O)cc3F)c2s1. The third kappa shape index (κ3) is 5.67. The molecule has 0 spiro atoms. The predicted octanol–water partition coefficient (Wildman–Crippen LogP) is 4.87. The smallest absolute Gasteiger partial charge is 0.284 e. The van der Waals surface area contributed by atoms with Gasteiger partial charge in [0.05, 0.1) is 38.6 Å². The summed E-state index contributed by atoms with van der Waals surface area (Å²) in [5.74, 6) is -1.52. The van der Waals surface area contributed by atoms with Gasteiger partial charge in [0.2, 0.25) is 0 Å². The Morgan fingerprint density at radius 1 is 1.07 bits per heavy atom. The Bertz CT molecular complexity index is 1870. The normalized spacial score (nSPS) is 11.5. The van der Waals surface area contributed by atoms with Gasteiger partial charge >= 0.3 is 0 Å². The number of halogens is 1. The van der Waals surface area contributed by atoms with Crippen LogP contribution in [0, 0.1) is 12.7 Å². The highest BCUT2D eigenvalue weighted by Crippen LogP contribution is 2.36. The summed E-state index contributed by atoms with van der Waals surface area (Å²) in [6.07, 6.45) is 1.50. The van der Waals surface area contributed by atoms with Crippen molar-refractivity contribution in [2.75, 3.05) is 12.4 Å². The average Bonchev–Trinajstić information content (AvgIpc) is 3.48. The number of carbonyl (C=O) groups excluding carboxylic acids is 2. The molecule has 42 heavy (non-hydrogen) atoms. The first kappa shape index (κ1) is 28.7. The number of para-hydroxylation sites is 1. The maximum atomic E-state index is 15.2. The molecule has 0 saturated heterocycles. The highest BCUT2D eigenvalue weighted by atomic mass is 32.1. The Morgan fingerprint density at radius 2 is 1.81 bits per heavy atom. The van der Waals surface area contributed by atoms with Crippen LogP contribution in [0.3, 0.4) is 0 Å². The molecule has 2 amide bonds. The van der Waals surface area contributed by atoms with Crippen LogP contribution >= 0.6 is 11.3 Å². The van der Waals surface area contributed by atoms with Gasteiger partial charge in [-0.15, -0.1) is 11.3 Å². The molecular formula is C30H28FN5O5S. The van der Waals surface area contributed by atoms with Gasteiger partial charge in [-0.2, -0.15) is 0 Å². The number of aliphatic hydroxyl groups is 1. The van der Waals surface area contributed by atoms with E-state index < -0.39 is 22.9 Å². The van der Waals surface area contributed by atoms with Gasteiger partial charge in [-0.1, -0.05) is 18.2 Å². The maximum Gasteiger partial charge on any atom is 0.284 e. The van der Waals surface area contributed by atoms with Crippen LogP contribution in [0.25, 0.3) is 15.9 Å². The Labute approximate surface area is 244 Å². The number of nitrogens with one attached hydrogen (secondary N) is 2. The highest BCUT2D eigenvalue weighted by Gasteiger charge is 2.27. The third-order valence-corrected chi connectivity index (χ3v) is 7.54. The number of benzene rings is 2. The second-order valence-corrected chi connectivity index (χ2v) is 11.2. The maximum absolute atomic E-state index is 15.2. The van der Waals surface area contributed by atoms with E-state index in [0.29, 0.717) is 32.2 Å². The number of hydrogen-bond donors (Lipinski definition) is 3. The largest absolute Gasteiger partial charge is 0.453 e. The van der Waals surface area contributed by atoms with Crippen molar-refractivity contribution in [3.8, 4) is 17.2 Å². The summed E-state index contributed by atoms with van der Waals surface area (Å²) in [4.78, 5) is 43.6. The summed E-state index contributed by atoms with van der Waals surface area (Å²) in [5, 5.41) is 15.6. The first-order valence-corrected chi connectivity index (χ1v) is 13.8. The molecule has 12 heteroatoms. The van der Waals surface area contributed by atoms with Crippen LogP contribution in [0.4, 0.5) is 10.1 Å². The molecule has 5 aromatic rings. The molecular weight excluding hydrogens is 561 g/mol. The van der Waals surface area contributed by atoms with Crippen molar-refractivity contribution in [3.05, 3.63) is 99.2 Å². The summed E-state index contributed by atoms with van der Waals surface area (Å²) < 4.78 is 24.5. The van der Waals surface area contributed by atoms with E-state index in [-0.39, 0.29) is 29.5 Å². The monoisotopic (exact) mass is 589 g/mol. The van der Waals surface area contributed by atoms with Crippen molar-refractivity contribution in [3.63, 3.8) is 0 Å². The molecule has 216 valence electrons. The van der Waals surface area contributed by atoms with Gasteiger partial charge < -0.3 is 20.5 Å². The number of fused-ring (bicyclic) bond motifs is 1. The van der Waals surface area contributed by atoms with E-state index in [1.165, 1.54) is 41.4 Å². The minimum atomic E-state index is -1.17. The fourth-order valence-corrected chi connectivity index (χ4v) is 5.51. The zero-order chi connectivity index (χ0) is 30.2. The lowest BCUT2D eigenvalue weighted by Crippen LogP contribution is -2.32. The van der Waals surface area contributed by atoms with Crippen LogP contribution in [0.1, 0.15) is 39.6 Å². The summed E-state index contributed by atoms with van der Waals surface area (Å²) in [7, 11) is 1.53. The minimum absolute atomic E-state index is 0.0496. The second kappa shape index (κ2) is 11.2. The first-order chi connectivity index (χ1) is 20.0. The van der Waals surface area contributed by atoms with Crippen molar-refractivity contribution in [1.82, 2.24) is 19.7 Å². The van der Waals surface area contributed by atoms with Gasteiger partial charge in [-0.25, -0.2) is 9.07 Å². The van der Waals surface area contributed by atoms with Crippen LogP contribution in [0.15, 0.2) is 71.7 Å². The summed E-state index contributed by atoms with van der Waals surface area (Å²) >= 11 is 1.17. The molecule has 10 nitrogen and oxygen atoms in total. The van der Waals surface area contributed by atoms with Crippen LogP contribution in [0.2, 0.25) is 0 Å². The molecule has 2 aromatic carbocycles. The zero-order valence-electron chi connectivity index (χ0n) is 23.3. The van der Waals surface area contributed by atoms with Gasteiger partial charge in [0.25, 0.3) is 17.4 Å². The van der Waals surface area contributed by atoms with Gasteiger partial charge in [-0.05, 0) is 51.1 Å². The lowest BCUT2D eigenvalue weighted by Gasteiger charge is -2.22. The number of amides is 2. The van der Waals surface area contributed by atoms with Crippen molar-refractivity contribution in [1.29, 1.82) is 0 Å². The van der Waals surface area contributed by atoms with E-state index in [1.807, 2.05) is 0 Å². The standard InChI is InChI=1S/C30H28FN5O5S/c1-17-25(29(39)36(19-8-6-5-7-9-19)35(17)16-30(2,3)40)28(38)34-18-10-11-22(20(31)14-18)41-23-12-13-33-21-15-24(27(37)32-4)42-26(21)23/h5-15,40H,16H2,1-4H3,(H,32,37)(H,34,38). The van der Waals surface area contributed by atoms with E-state index in [1.54, 1.807) is 67.9 Å². The van der Waals surface area contributed by atoms with Crippen molar-refractivity contribution < 1.29 is 23.8 Å². The number of ether oxygens (including phenoxy) is 1. The van der Waals surface area contributed by atoms with Crippen molar-refractivity contribution in [2.24, 2.45) is 0 Å². The lowest BCUT2D eigenvalue weighted by molar-refractivity contribution is 0.0546. The van der Waals surface area contributed by atoms with Crippen LogP contribution in [-0.2, 0) is 6.54 Å². The van der Waals surface area contributed by atoms with Crippen molar-refractivity contribution in [2.45, 2.75) is 32.9 Å². The second-order valence-electron chi connectivity index (χ2n) is 10.2. The zero-order valence-corrected chi connectivity index (χ0v) is 24.1. The van der Waals surface area contributed by atoms with E-state index in [2.05, 4.69) is 15.6 Å². The van der Waals surface area contributed by atoms with Crippen LogP contribution < -0.4 is 20.9 Å². The summed E-state index contributed by atoms with van der Waals surface area (Å²) in [6, 6.07) is 15.9. The van der Waals surface area contributed by atoms with Gasteiger partial charge in [0.15, 0.2) is 11.6 Å². The molecule has 0 fully saturated rings. The Balaban J connectivity index is 1.43. The fourth-order valence-electron chi connectivity index (χ4n) is 4.50. The van der Waals surface area contributed by atoms with Crippen molar-refractivity contribution >= 4 is 39.1 Å². The van der Waals surface area contributed by atoms with E-state index in [4.69, 9.17) is 4.74 Å². The molecule has 0 radical (unpaired) electrons. The van der Waals surface area contributed by atoms with Gasteiger partial charge in [0, 0.05) is 31.1 Å². The Morgan fingerprint density at radius 3 is 2.48 bits per heavy atom. The lowest BCUT2D eigenvalue weighted by atomic mass is 10.1. The molecule has 0 atom stereocenters. The van der Waals surface area contributed by atoms with Gasteiger partial charge in [-0.3, -0.25) is 24.0 Å². The molecule has 5 rings (SSSR count). The molecule has 0 unspecified atom stereocenters. The molecule has 0 saturated carbocycles. The molecule has 0 aliphatic rings. The third-order valence-electron chi connectivity index (χ3n) is 6.40. The van der Waals surface area contributed by atoms with E-state index in [0.717, 1.165) is 6.07 Å². The molecule has 0 aliphatic heterocycles. The average molecular weight is 590 g/mol. The first-order valence-electron chi connectivity index (χ1n) is 13.0. The number of nitrogens with zero attached hydrogens (tertiary/aromatic N) is 3. The summed E-state index contributed by atoms with van der Waals surface area (Å²) in [5.41, 5.74) is -0.358. The number of thiophene rings is 1. The number of pyridine rings is 1. The Hall–Kier alpha value is -4.81. The summed E-state index contributed by atoms with van der Waals surface area (Å²) in [6.45, 7) is 4.88. The molecule has 3 aromatic heterocycles. The van der Waals surface area contributed by atoms with Crippen LogP contribution in [0.5, 0.6) is 11.5 Å². The quantitative estimate of drug-likeness (QED) is 0.237. The predicted molar refractivity (Wildman–Crippen MR) is 159 cm³/mol. The number of hydrogen-bond acceptors (Lipinski definition) is 7. The number of carbonyl (C=O) groups is 2. The highest BCUT2D eigenvalue weighted by molar-refractivity contribution is 7.21. The van der Waals surface area contributed by atoms with E-state index >= 15 is 4.39 Å². The van der Waals surface area contributed by atoms with E-state index in [9.17, 15) is 19.5 Å². The molecule has 3 heterocycles. The fraction of sp³-hybridized carbons (Fsp3) is 0.200. The molecule has 0 aliphatic carbocycles. The number of anilines is 1. The van der Waals surface area contributed by atoms with Crippen LogP contribution in [-0.4, -0.2) is 43.9 Å². The molecule has 3 N–H and O–H groups in total. The number of rotatable bonds is 8.